The molecular weight excluding hydrogens is 410 g/mol. The third-order valence-electron chi connectivity index (χ3n) is 5.41. The smallest absolute Gasteiger partial charge is 0.256 e. The number of carbonyl (C=O) groups excluding carboxylic acids is 2. The lowest BCUT2D eigenvalue weighted by atomic mass is 9.93. The van der Waals surface area contributed by atoms with E-state index < -0.39 is 12.2 Å². The summed E-state index contributed by atoms with van der Waals surface area (Å²) >= 11 is 6.39. The summed E-state index contributed by atoms with van der Waals surface area (Å²) in [4.78, 5) is 26.5. The van der Waals surface area contributed by atoms with Crippen molar-refractivity contribution in [3.63, 3.8) is 0 Å². The number of fused-ring (bicyclic) bond motifs is 2. The number of nitrogens with zero attached hydrogens (tertiary/aromatic N) is 1. The number of ether oxygens (including phenoxy) is 1. The normalized spacial score (nSPS) is 19.2. The molecule has 5 heteroatoms. The van der Waals surface area contributed by atoms with Crippen LogP contribution in [0, 0.1) is 5.41 Å². The molecular formula is C26H25ClNO3. The van der Waals surface area contributed by atoms with Crippen molar-refractivity contribution >= 4 is 40.3 Å². The fourth-order valence-corrected chi connectivity index (χ4v) is 4.32. The largest absolute Gasteiger partial charge is 0.355 e. The molecule has 0 fully saturated rings. The third kappa shape index (κ3) is 4.36. The summed E-state index contributed by atoms with van der Waals surface area (Å²) in [6, 6.07) is 19.6. The van der Waals surface area contributed by atoms with Gasteiger partial charge in [0.2, 0.25) is 6.29 Å². The lowest BCUT2D eigenvalue weighted by molar-refractivity contribution is -0.131. The lowest BCUT2D eigenvalue weighted by Crippen LogP contribution is -2.43. The number of amides is 1. The summed E-state index contributed by atoms with van der Waals surface area (Å²) in [6.45, 7) is 6.71. The van der Waals surface area contributed by atoms with Gasteiger partial charge in [0.25, 0.3) is 5.91 Å². The lowest BCUT2D eigenvalue weighted by Gasteiger charge is -2.31. The Labute approximate surface area is 187 Å². The molecule has 2 atom stereocenters. The Morgan fingerprint density at radius 3 is 2.52 bits per heavy atom. The number of carbonyl (C=O) groups is 1. The summed E-state index contributed by atoms with van der Waals surface area (Å²) in [5, 5.41) is 2.68. The van der Waals surface area contributed by atoms with Crippen molar-refractivity contribution < 1.29 is 14.3 Å². The average Bonchev–Trinajstić information content (AvgIpc) is 2.83. The molecule has 1 heterocycles. The summed E-state index contributed by atoms with van der Waals surface area (Å²) in [7, 11) is 0. The van der Waals surface area contributed by atoms with Gasteiger partial charge in [0.15, 0.2) is 0 Å². The van der Waals surface area contributed by atoms with Gasteiger partial charge in [-0.05, 0) is 39.9 Å². The van der Waals surface area contributed by atoms with Crippen LogP contribution in [0.5, 0.6) is 0 Å². The van der Waals surface area contributed by atoms with Crippen molar-refractivity contribution in [3.8, 4) is 0 Å². The van der Waals surface area contributed by atoms with E-state index in [2.05, 4.69) is 20.8 Å². The van der Waals surface area contributed by atoms with Gasteiger partial charge in [-0.2, -0.15) is 0 Å². The van der Waals surface area contributed by atoms with Crippen LogP contribution in [0.25, 0.3) is 10.8 Å². The van der Waals surface area contributed by atoms with Crippen LogP contribution >= 0.6 is 11.6 Å². The van der Waals surface area contributed by atoms with Gasteiger partial charge in [-0.15, -0.1) is 0 Å². The van der Waals surface area contributed by atoms with E-state index in [4.69, 9.17) is 16.3 Å². The van der Waals surface area contributed by atoms with Crippen molar-refractivity contribution in [2.75, 3.05) is 11.4 Å². The maximum Gasteiger partial charge on any atom is 0.256 e. The highest BCUT2D eigenvalue weighted by atomic mass is 35.5. The number of hydrogen-bond donors (Lipinski definition) is 0. The molecule has 0 aromatic heterocycles. The van der Waals surface area contributed by atoms with E-state index in [9.17, 15) is 9.59 Å². The molecule has 159 valence electrons. The standard InChI is InChI=1S/C26H25ClNO3/c1-26(2,3)16-28-22-12-11-18(27)15-21(22)24(31-23(13-14-29)25(28)30)20-10-6-8-17-7-4-5-9-19(17)20/h4-12,15,23-24H,13,16H2,1-3H3/t23-,24-/m0/s1. The molecule has 0 saturated heterocycles. The SMILES string of the molecule is CC(C)(C)CN1C(=O)[C@H](C[C]=O)O[C@@H](c2cccc3ccccc23)c2cc(Cl)ccc21. The molecule has 0 spiro atoms. The first kappa shape index (κ1) is 21.5. The van der Waals surface area contributed by atoms with E-state index in [-0.39, 0.29) is 17.7 Å². The first-order valence-corrected chi connectivity index (χ1v) is 10.8. The quantitative estimate of drug-likeness (QED) is 0.516. The van der Waals surface area contributed by atoms with Crippen LogP contribution in [-0.2, 0) is 14.3 Å². The van der Waals surface area contributed by atoms with Crippen LogP contribution < -0.4 is 4.90 Å². The van der Waals surface area contributed by atoms with Gasteiger partial charge in [-0.25, -0.2) is 0 Å². The Hall–Kier alpha value is -2.69. The molecule has 0 bridgehead atoms. The molecule has 0 aliphatic carbocycles. The minimum atomic E-state index is -0.921. The minimum Gasteiger partial charge on any atom is -0.355 e. The fraction of sp³-hybridized carbons (Fsp3) is 0.308. The van der Waals surface area contributed by atoms with E-state index in [1.54, 1.807) is 11.0 Å². The molecule has 0 N–H and O–H groups in total. The zero-order valence-corrected chi connectivity index (χ0v) is 18.6. The summed E-state index contributed by atoms with van der Waals surface area (Å²) in [5.74, 6) is -0.232. The molecule has 3 aromatic rings. The van der Waals surface area contributed by atoms with E-state index in [1.165, 1.54) is 0 Å². The zero-order valence-electron chi connectivity index (χ0n) is 17.9. The Morgan fingerprint density at radius 2 is 1.77 bits per heavy atom. The topological polar surface area (TPSA) is 46.6 Å². The fourth-order valence-electron chi connectivity index (χ4n) is 4.14. The second-order valence-electron chi connectivity index (χ2n) is 9.11. The van der Waals surface area contributed by atoms with Crippen LogP contribution in [0.1, 0.15) is 44.4 Å². The maximum absolute atomic E-state index is 13.5. The molecule has 1 aliphatic rings. The molecule has 1 radical (unpaired) electrons. The molecule has 0 unspecified atom stereocenters. The van der Waals surface area contributed by atoms with Gasteiger partial charge in [-0.1, -0.05) is 74.8 Å². The molecule has 0 saturated carbocycles. The van der Waals surface area contributed by atoms with Crippen LogP contribution in [0.2, 0.25) is 5.02 Å². The maximum atomic E-state index is 13.5. The van der Waals surface area contributed by atoms with Crippen molar-refractivity contribution in [3.05, 3.63) is 76.8 Å². The van der Waals surface area contributed by atoms with Crippen molar-refractivity contribution in [2.45, 2.75) is 39.4 Å². The molecule has 4 rings (SSSR count). The number of halogens is 1. The van der Waals surface area contributed by atoms with Crippen molar-refractivity contribution in [2.24, 2.45) is 5.41 Å². The van der Waals surface area contributed by atoms with Crippen LogP contribution in [0.3, 0.4) is 0 Å². The minimum absolute atomic E-state index is 0.123. The molecule has 1 amide bonds. The highest BCUT2D eigenvalue weighted by Gasteiger charge is 2.38. The van der Waals surface area contributed by atoms with Gasteiger partial charge in [0, 0.05) is 29.2 Å². The van der Waals surface area contributed by atoms with Crippen molar-refractivity contribution in [1.82, 2.24) is 0 Å². The highest BCUT2D eigenvalue weighted by molar-refractivity contribution is 6.30. The highest BCUT2D eigenvalue weighted by Crippen LogP contribution is 2.42. The van der Waals surface area contributed by atoms with Gasteiger partial charge in [0.1, 0.15) is 12.2 Å². The Kier molecular flexibility index (Phi) is 5.87. The molecule has 3 aromatic carbocycles. The molecule has 1 aliphatic heterocycles. The van der Waals surface area contributed by atoms with E-state index >= 15 is 0 Å². The average molecular weight is 435 g/mol. The monoisotopic (exact) mass is 434 g/mol. The van der Waals surface area contributed by atoms with Gasteiger partial charge < -0.3 is 9.64 Å². The predicted molar refractivity (Wildman–Crippen MR) is 124 cm³/mol. The summed E-state index contributed by atoms with van der Waals surface area (Å²) in [6.07, 6.45) is 0.285. The number of hydrogen-bond acceptors (Lipinski definition) is 3. The molecule has 31 heavy (non-hydrogen) atoms. The number of anilines is 1. The number of rotatable bonds is 4. The zero-order chi connectivity index (χ0) is 22.2. The van der Waals surface area contributed by atoms with Crippen molar-refractivity contribution in [1.29, 1.82) is 0 Å². The van der Waals surface area contributed by atoms with Gasteiger partial charge >= 0.3 is 0 Å². The van der Waals surface area contributed by atoms with E-state index in [0.29, 0.717) is 11.6 Å². The summed E-state index contributed by atoms with van der Waals surface area (Å²) < 4.78 is 6.37. The second-order valence-corrected chi connectivity index (χ2v) is 9.55. The third-order valence-corrected chi connectivity index (χ3v) is 5.65. The molecule has 4 nitrogen and oxygen atoms in total. The van der Waals surface area contributed by atoms with Gasteiger partial charge in [0.05, 0.1) is 0 Å². The van der Waals surface area contributed by atoms with E-state index in [0.717, 1.165) is 27.6 Å². The Balaban J connectivity index is 1.96. The number of benzene rings is 3. The first-order valence-electron chi connectivity index (χ1n) is 10.4. The van der Waals surface area contributed by atoms with E-state index in [1.807, 2.05) is 60.9 Å². The van der Waals surface area contributed by atoms with Crippen LogP contribution in [-0.4, -0.2) is 24.8 Å². The second kappa shape index (κ2) is 8.45. The first-order chi connectivity index (χ1) is 14.8. The summed E-state index contributed by atoms with van der Waals surface area (Å²) in [5.41, 5.74) is 2.36. The Bertz CT molecular complexity index is 1130. The predicted octanol–water partition coefficient (Wildman–Crippen LogP) is 5.86. The Morgan fingerprint density at radius 1 is 1.03 bits per heavy atom. The van der Waals surface area contributed by atoms with Gasteiger partial charge in [-0.3, -0.25) is 9.59 Å². The van der Waals surface area contributed by atoms with Crippen LogP contribution in [0.15, 0.2) is 60.7 Å². The van der Waals surface area contributed by atoms with Crippen LogP contribution in [0.4, 0.5) is 5.69 Å².